The van der Waals surface area contributed by atoms with Gasteiger partial charge in [0.15, 0.2) is 5.75 Å². The molecule has 1 aromatic carbocycles. The van der Waals surface area contributed by atoms with E-state index in [4.69, 9.17) is 4.74 Å². The van der Waals surface area contributed by atoms with E-state index < -0.39 is 26.7 Å². The van der Waals surface area contributed by atoms with E-state index in [0.717, 1.165) is 18.0 Å². The van der Waals surface area contributed by atoms with Gasteiger partial charge in [-0.3, -0.25) is 19.1 Å². The van der Waals surface area contributed by atoms with Crippen LogP contribution in [0.25, 0.3) is 0 Å². The van der Waals surface area contributed by atoms with Crippen LogP contribution in [0.3, 0.4) is 0 Å². The molecule has 10 nitrogen and oxygen atoms in total. The number of hydrogen-bond donors (Lipinski definition) is 3. The summed E-state index contributed by atoms with van der Waals surface area (Å²) in [4.78, 5) is 33.1. The highest BCUT2D eigenvalue weighted by Crippen LogP contribution is 2.32. The van der Waals surface area contributed by atoms with E-state index in [1.165, 1.54) is 25.1 Å². The third kappa shape index (κ3) is 6.69. The van der Waals surface area contributed by atoms with Crippen molar-refractivity contribution in [3.8, 4) is 11.6 Å². The molecular weight excluding hydrogens is 515 g/mol. The molecule has 0 atom stereocenters. The molecule has 3 N–H and O–H groups in total. The van der Waals surface area contributed by atoms with Crippen LogP contribution < -0.4 is 15.4 Å². The quantitative estimate of drug-likeness (QED) is 0.366. The van der Waals surface area contributed by atoms with E-state index in [0.29, 0.717) is 32.2 Å². The van der Waals surface area contributed by atoms with Gasteiger partial charge in [-0.1, -0.05) is 18.2 Å². The molecule has 1 aliphatic rings. The molecule has 0 spiro atoms. The van der Waals surface area contributed by atoms with Crippen molar-refractivity contribution in [1.82, 2.24) is 20.6 Å². The molecule has 2 amide bonds. The first-order valence-corrected chi connectivity index (χ1v) is 13.4. The van der Waals surface area contributed by atoms with Crippen LogP contribution in [0.2, 0.25) is 0 Å². The number of pyridine rings is 2. The Bertz CT molecular complexity index is 1430. The Morgan fingerprint density at radius 3 is 2.55 bits per heavy atom. The lowest BCUT2D eigenvalue weighted by Crippen LogP contribution is -2.41. The summed E-state index contributed by atoms with van der Waals surface area (Å²) in [5, 5.41) is 5.72. The predicted octanol–water partition coefficient (Wildman–Crippen LogP) is 3.57. The van der Waals surface area contributed by atoms with E-state index in [1.54, 1.807) is 12.3 Å². The zero-order valence-corrected chi connectivity index (χ0v) is 21.4. The maximum absolute atomic E-state index is 14.0. The first-order chi connectivity index (χ1) is 18.1. The third-order valence-corrected chi connectivity index (χ3v) is 7.34. The Labute approximate surface area is 219 Å². The molecule has 0 aliphatic heterocycles. The predicted molar refractivity (Wildman–Crippen MR) is 135 cm³/mol. The smallest absolute Gasteiger partial charge is 0.298 e. The molecule has 0 radical (unpaired) electrons. The topological polar surface area (TPSA) is 148 Å². The van der Waals surface area contributed by atoms with Gasteiger partial charge in [0.05, 0.1) is 18.4 Å². The molecule has 0 bridgehead atoms. The summed E-state index contributed by atoms with van der Waals surface area (Å²) >= 11 is 0. The molecule has 200 valence electrons. The van der Waals surface area contributed by atoms with Crippen molar-refractivity contribution in [2.24, 2.45) is 5.92 Å². The Kier molecular flexibility index (Phi) is 8.32. The van der Waals surface area contributed by atoms with E-state index in [1.807, 2.05) is 12.1 Å². The SMILES string of the molecule is Cc1cccc(Oc2ncc(F)cc2C(=O)NC2CCC(C(=O)NCc3ccccn3)CC2)c1S(=O)(=O)O. The number of nitrogens with zero attached hydrogens (tertiary/aromatic N) is 2. The average molecular weight is 543 g/mol. The van der Waals surface area contributed by atoms with Crippen LogP contribution in [0.5, 0.6) is 11.6 Å². The molecule has 2 heterocycles. The highest BCUT2D eigenvalue weighted by Gasteiger charge is 2.29. The maximum Gasteiger partial charge on any atom is 0.298 e. The number of nitrogens with one attached hydrogen (secondary N) is 2. The summed E-state index contributed by atoms with van der Waals surface area (Å²) in [6.07, 6.45) is 4.70. The molecule has 4 rings (SSSR count). The molecule has 0 saturated heterocycles. The van der Waals surface area contributed by atoms with Gasteiger partial charge in [0, 0.05) is 18.2 Å². The van der Waals surface area contributed by atoms with Crippen molar-refractivity contribution < 1.29 is 31.7 Å². The first-order valence-electron chi connectivity index (χ1n) is 12.0. The van der Waals surface area contributed by atoms with Gasteiger partial charge >= 0.3 is 0 Å². The monoisotopic (exact) mass is 542 g/mol. The second kappa shape index (κ2) is 11.7. The Morgan fingerprint density at radius 2 is 1.87 bits per heavy atom. The summed E-state index contributed by atoms with van der Waals surface area (Å²) in [5.41, 5.74) is 0.750. The highest BCUT2D eigenvalue weighted by atomic mass is 32.2. The van der Waals surface area contributed by atoms with Crippen LogP contribution >= 0.6 is 0 Å². The third-order valence-electron chi connectivity index (χ3n) is 6.31. The Balaban J connectivity index is 1.40. The van der Waals surface area contributed by atoms with Crippen molar-refractivity contribution in [2.45, 2.75) is 50.1 Å². The van der Waals surface area contributed by atoms with Crippen LogP contribution in [0.4, 0.5) is 4.39 Å². The number of ether oxygens (including phenoxy) is 1. The van der Waals surface area contributed by atoms with Crippen LogP contribution in [0.1, 0.15) is 47.3 Å². The normalized spacial score (nSPS) is 17.4. The van der Waals surface area contributed by atoms with Crippen LogP contribution in [0, 0.1) is 18.7 Å². The van der Waals surface area contributed by atoms with Crippen molar-refractivity contribution in [3.05, 3.63) is 77.5 Å². The van der Waals surface area contributed by atoms with Crippen molar-refractivity contribution in [3.63, 3.8) is 0 Å². The van der Waals surface area contributed by atoms with Gasteiger partial charge in [-0.15, -0.1) is 0 Å². The molecule has 1 saturated carbocycles. The number of carbonyl (C=O) groups is 2. The number of halogens is 1. The number of carbonyl (C=O) groups excluding carboxylic acids is 2. The number of hydrogen-bond acceptors (Lipinski definition) is 7. The minimum atomic E-state index is -4.64. The molecule has 3 aromatic rings. The summed E-state index contributed by atoms with van der Waals surface area (Å²) in [6.45, 7) is 1.81. The summed E-state index contributed by atoms with van der Waals surface area (Å²) in [6, 6.07) is 10.4. The fourth-order valence-corrected chi connectivity index (χ4v) is 5.24. The minimum absolute atomic E-state index is 0.0711. The maximum atomic E-state index is 14.0. The van der Waals surface area contributed by atoms with Crippen molar-refractivity contribution >= 4 is 21.9 Å². The minimum Gasteiger partial charge on any atom is -0.437 e. The lowest BCUT2D eigenvalue weighted by molar-refractivity contribution is -0.126. The number of rotatable bonds is 8. The number of aryl methyl sites for hydroxylation is 1. The molecule has 2 aromatic heterocycles. The number of benzene rings is 1. The van der Waals surface area contributed by atoms with E-state index in [2.05, 4.69) is 20.6 Å². The van der Waals surface area contributed by atoms with Gasteiger partial charge in [0.1, 0.15) is 16.3 Å². The summed E-state index contributed by atoms with van der Waals surface area (Å²) in [5.74, 6) is -2.27. The number of aromatic nitrogens is 2. The van der Waals surface area contributed by atoms with Crippen LogP contribution in [0.15, 0.2) is 59.8 Å². The lowest BCUT2D eigenvalue weighted by atomic mass is 9.85. The van der Waals surface area contributed by atoms with Crippen molar-refractivity contribution in [1.29, 1.82) is 0 Å². The van der Waals surface area contributed by atoms with Gasteiger partial charge in [0.2, 0.25) is 11.8 Å². The van der Waals surface area contributed by atoms with Gasteiger partial charge in [-0.25, -0.2) is 9.37 Å². The molecule has 1 fully saturated rings. The van der Waals surface area contributed by atoms with E-state index >= 15 is 0 Å². The zero-order valence-electron chi connectivity index (χ0n) is 20.6. The lowest BCUT2D eigenvalue weighted by Gasteiger charge is -2.28. The Hall–Kier alpha value is -3.90. The fourth-order valence-electron chi connectivity index (χ4n) is 4.40. The van der Waals surface area contributed by atoms with E-state index in [-0.39, 0.29) is 40.6 Å². The first kappa shape index (κ1) is 27.1. The second-order valence-corrected chi connectivity index (χ2v) is 10.4. The standard InChI is InChI=1S/C26H27FN4O6S/c1-16-5-4-7-22(23(16)38(34,35)36)37-26-21(13-18(27)14-30-26)25(33)31-19-10-8-17(9-11-19)24(32)29-15-20-6-2-3-12-28-20/h2-7,12-14,17,19H,8-11,15H2,1H3,(H,29,32)(H,31,33)(H,34,35,36). The van der Waals surface area contributed by atoms with Crippen molar-refractivity contribution in [2.75, 3.05) is 0 Å². The average Bonchev–Trinajstić information content (AvgIpc) is 2.88. The summed E-state index contributed by atoms with van der Waals surface area (Å²) < 4.78 is 53.0. The van der Waals surface area contributed by atoms with Gasteiger partial charge in [-0.05, 0) is 62.4 Å². The molecule has 12 heteroatoms. The molecule has 0 unspecified atom stereocenters. The Morgan fingerprint density at radius 1 is 1.11 bits per heavy atom. The highest BCUT2D eigenvalue weighted by molar-refractivity contribution is 7.86. The van der Waals surface area contributed by atoms with Gasteiger partial charge < -0.3 is 15.4 Å². The summed E-state index contributed by atoms with van der Waals surface area (Å²) in [7, 11) is -4.64. The molecule has 1 aliphatic carbocycles. The van der Waals surface area contributed by atoms with Crippen LogP contribution in [-0.2, 0) is 21.5 Å². The molecular formula is C26H27FN4O6S. The van der Waals surface area contributed by atoms with Crippen LogP contribution in [-0.4, -0.2) is 40.8 Å². The van der Waals surface area contributed by atoms with Gasteiger partial charge in [0.25, 0.3) is 16.0 Å². The fraction of sp³-hybridized carbons (Fsp3) is 0.308. The zero-order chi connectivity index (χ0) is 27.3. The largest absolute Gasteiger partial charge is 0.437 e. The van der Waals surface area contributed by atoms with Gasteiger partial charge in [-0.2, -0.15) is 8.42 Å². The second-order valence-electron chi connectivity index (χ2n) is 9.05. The van der Waals surface area contributed by atoms with E-state index in [9.17, 15) is 27.0 Å². The number of amides is 2. The molecule has 38 heavy (non-hydrogen) atoms.